The molecule has 0 spiro atoms. The smallest absolute Gasteiger partial charge is 0.307 e. The first-order valence-electron chi connectivity index (χ1n) is 10.8. The normalized spacial score (nSPS) is 39.3. The van der Waals surface area contributed by atoms with E-state index in [0.29, 0.717) is 17.9 Å². The molecule has 0 aromatic heterocycles. The maximum Gasteiger partial charge on any atom is 0.307 e. The van der Waals surface area contributed by atoms with E-state index in [-0.39, 0.29) is 5.92 Å². The quantitative estimate of drug-likeness (QED) is 0.760. The Balaban J connectivity index is 1.06. The van der Waals surface area contributed by atoms with Crippen molar-refractivity contribution in [2.45, 2.75) is 70.3 Å². The number of nitrogens with zero attached hydrogens (tertiary/aromatic N) is 1. The molecule has 1 aliphatic heterocycles. The highest BCUT2D eigenvalue weighted by atomic mass is 16.5. The van der Waals surface area contributed by atoms with Gasteiger partial charge in [-0.3, -0.25) is 4.79 Å². The number of fused-ring (bicyclic) bond motifs is 1. The summed E-state index contributed by atoms with van der Waals surface area (Å²) in [6.45, 7) is 3.76. The minimum Gasteiger partial charge on any atom is -0.481 e. The molecule has 0 amide bonds. The van der Waals surface area contributed by atoms with Crippen LogP contribution >= 0.6 is 0 Å². The number of hydrogen-bond donors (Lipinski definition) is 1. The largest absolute Gasteiger partial charge is 0.481 e. The molecule has 4 fully saturated rings. The molecule has 2 atom stereocenters. The second-order valence-corrected chi connectivity index (χ2v) is 9.20. The zero-order chi connectivity index (χ0) is 17.2. The van der Waals surface area contributed by atoms with Gasteiger partial charge in [0, 0.05) is 19.6 Å². The van der Waals surface area contributed by atoms with E-state index in [1.807, 2.05) is 0 Å². The third-order valence-electron chi connectivity index (χ3n) is 7.50. The Morgan fingerprint density at radius 3 is 2.20 bits per heavy atom. The molecule has 1 heterocycles. The minimum absolute atomic E-state index is 0.0448. The minimum atomic E-state index is -0.587. The lowest BCUT2D eigenvalue weighted by Crippen LogP contribution is -2.31. The van der Waals surface area contributed by atoms with E-state index >= 15 is 0 Å². The lowest BCUT2D eigenvalue weighted by atomic mass is 9.77. The summed E-state index contributed by atoms with van der Waals surface area (Å²) in [7, 11) is 0. The van der Waals surface area contributed by atoms with E-state index in [4.69, 9.17) is 9.84 Å². The highest BCUT2D eigenvalue weighted by Crippen LogP contribution is 2.51. The van der Waals surface area contributed by atoms with Crippen molar-refractivity contribution in [1.29, 1.82) is 0 Å². The van der Waals surface area contributed by atoms with Gasteiger partial charge in [0.15, 0.2) is 0 Å². The summed E-state index contributed by atoms with van der Waals surface area (Å²) >= 11 is 0. The second kappa shape index (κ2) is 7.96. The molecule has 4 rings (SSSR count). The van der Waals surface area contributed by atoms with E-state index in [0.717, 1.165) is 38.1 Å². The zero-order valence-corrected chi connectivity index (χ0v) is 15.6. The van der Waals surface area contributed by atoms with Crippen molar-refractivity contribution in [3.8, 4) is 0 Å². The average molecular weight is 350 g/mol. The van der Waals surface area contributed by atoms with Gasteiger partial charge in [-0.05, 0) is 55.8 Å². The zero-order valence-electron chi connectivity index (χ0n) is 15.6. The first-order valence-corrected chi connectivity index (χ1v) is 10.8. The van der Waals surface area contributed by atoms with Crippen LogP contribution in [0.5, 0.6) is 0 Å². The average Bonchev–Trinajstić information content (AvgIpc) is 3.14. The monoisotopic (exact) mass is 349 g/mol. The summed E-state index contributed by atoms with van der Waals surface area (Å²) in [5.41, 5.74) is 0. The molecule has 0 aromatic rings. The fourth-order valence-corrected chi connectivity index (χ4v) is 5.94. The molecular weight excluding hydrogens is 314 g/mol. The number of piperidine rings is 1. The third kappa shape index (κ3) is 4.39. The van der Waals surface area contributed by atoms with E-state index < -0.39 is 5.97 Å². The van der Waals surface area contributed by atoms with Gasteiger partial charge < -0.3 is 14.7 Å². The molecule has 0 aromatic carbocycles. The number of aliphatic carboxylic acids is 1. The molecule has 1 saturated heterocycles. The van der Waals surface area contributed by atoms with Crippen LogP contribution in [-0.4, -0.2) is 48.3 Å². The van der Waals surface area contributed by atoms with Crippen LogP contribution in [0.2, 0.25) is 0 Å². The molecule has 0 bridgehead atoms. The van der Waals surface area contributed by atoms with Crippen molar-refractivity contribution in [2.75, 3.05) is 26.2 Å². The number of carboxylic acids is 1. The van der Waals surface area contributed by atoms with Crippen LogP contribution in [0, 0.1) is 29.6 Å². The molecule has 0 radical (unpaired) electrons. The molecule has 2 unspecified atom stereocenters. The van der Waals surface area contributed by atoms with Crippen LogP contribution in [0.3, 0.4) is 0 Å². The van der Waals surface area contributed by atoms with Crippen LogP contribution in [0.15, 0.2) is 0 Å². The van der Waals surface area contributed by atoms with Gasteiger partial charge >= 0.3 is 5.97 Å². The summed E-state index contributed by atoms with van der Waals surface area (Å²) < 4.78 is 6.15. The van der Waals surface area contributed by atoms with Crippen LogP contribution in [0.25, 0.3) is 0 Å². The number of hydrogen-bond acceptors (Lipinski definition) is 3. The molecule has 142 valence electrons. The molecule has 3 saturated carbocycles. The number of carboxylic acid groups (broad SMARTS) is 1. The van der Waals surface area contributed by atoms with Crippen molar-refractivity contribution in [3.05, 3.63) is 0 Å². The first kappa shape index (κ1) is 17.8. The number of carbonyl (C=O) groups is 1. The summed E-state index contributed by atoms with van der Waals surface area (Å²) in [5.74, 6) is 2.20. The number of rotatable bonds is 7. The number of likely N-dealkylation sites (tertiary alicyclic amines) is 1. The van der Waals surface area contributed by atoms with Crippen molar-refractivity contribution in [1.82, 2.24) is 4.90 Å². The predicted molar refractivity (Wildman–Crippen MR) is 97.4 cm³/mol. The summed E-state index contributed by atoms with van der Waals surface area (Å²) in [6, 6.07) is 0. The standard InChI is InChI=1S/C21H35NO3/c23-21(24)20-18-13-22(14-19(18)20)10-11-25-17-8-6-16(7-9-17)12-15-4-2-1-3-5-15/h15-20H,1-14H2,(H,23,24). The van der Waals surface area contributed by atoms with Gasteiger partial charge in [-0.1, -0.05) is 32.1 Å². The van der Waals surface area contributed by atoms with Gasteiger partial charge in [-0.2, -0.15) is 0 Å². The molecule has 1 N–H and O–H groups in total. The molecule has 3 aliphatic carbocycles. The van der Waals surface area contributed by atoms with Crippen LogP contribution < -0.4 is 0 Å². The second-order valence-electron chi connectivity index (χ2n) is 9.20. The Bertz CT molecular complexity index is 442. The molecular formula is C21H35NO3. The summed E-state index contributed by atoms with van der Waals surface area (Å²) in [5, 5.41) is 9.07. The summed E-state index contributed by atoms with van der Waals surface area (Å²) in [4.78, 5) is 13.4. The van der Waals surface area contributed by atoms with Crippen LogP contribution in [0.1, 0.15) is 64.2 Å². The Kier molecular flexibility index (Phi) is 5.66. The SMILES string of the molecule is O=C(O)C1C2CN(CCOC3CCC(CC4CCCCC4)CC3)CC21. The topological polar surface area (TPSA) is 49.8 Å². The molecule has 4 heteroatoms. The predicted octanol–water partition coefficient (Wildman–Crippen LogP) is 3.79. The van der Waals surface area contributed by atoms with Crippen LogP contribution in [-0.2, 0) is 9.53 Å². The maximum atomic E-state index is 11.0. The van der Waals surface area contributed by atoms with Crippen molar-refractivity contribution in [3.63, 3.8) is 0 Å². The highest BCUT2D eigenvalue weighted by molar-refractivity contribution is 5.74. The Labute approximate surface area is 152 Å². The number of ether oxygens (including phenoxy) is 1. The Morgan fingerprint density at radius 1 is 0.920 bits per heavy atom. The van der Waals surface area contributed by atoms with E-state index in [1.54, 1.807) is 0 Å². The Hall–Kier alpha value is -0.610. The van der Waals surface area contributed by atoms with E-state index in [2.05, 4.69) is 4.90 Å². The lowest BCUT2D eigenvalue weighted by molar-refractivity contribution is -0.139. The van der Waals surface area contributed by atoms with Crippen molar-refractivity contribution >= 4 is 5.97 Å². The van der Waals surface area contributed by atoms with Gasteiger partial charge in [-0.25, -0.2) is 0 Å². The highest BCUT2D eigenvalue weighted by Gasteiger charge is 2.59. The van der Waals surface area contributed by atoms with Crippen LogP contribution in [0.4, 0.5) is 0 Å². The third-order valence-corrected chi connectivity index (χ3v) is 7.50. The van der Waals surface area contributed by atoms with E-state index in [1.165, 1.54) is 64.2 Å². The van der Waals surface area contributed by atoms with Crippen molar-refractivity contribution < 1.29 is 14.6 Å². The maximum absolute atomic E-state index is 11.0. The summed E-state index contributed by atoms with van der Waals surface area (Å²) in [6.07, 6.45) is 14.6. The molecule has 4 nitrogen and oxygen atoms in total. The van der Waals surface area contributed by atoms with Gasteiger partial charge in [0.1, 0.15) is 0 Å². The Morgan fingerprint density at radius 2 is 1.56 bits per heavy atom. The van der Waals surface area contributed by atoms with Crippen molar-refractivity contribution in [2.24, 2.45) is 29.6 Å². The molecule has 25 heavy (non-hydrogen) atoms. The lowest BCUT2D eigenvalue weighted by Gasteiger charge is -2.32. The van der Waals surface area contributed by atoms with E-state index in [9.17, 15) is 4.79 Å². The first-order chi connectivity index (χ1) is 12.2. The van der Waals surface area contributed by atoms with Gasteiger partial charge in [0.05, 0.1) is 18.6 Å². The van der Waals surface area contributed by atoms with Gasteiger partial charge in [0.2, 0.25) is 0 Å². The fraction of sp³-hybridized carbons (Fsp3) is 0.952. The fourth-order valence-electron chi connectivity index (χ4n) is 5.94. The molecule has 4 aliphatic rings. The van der Waals surface area contributed by atoms with Gasteiger partial charge in [0.25, 0.3) is 0 Å². The van der Waals surface area contributed by atoms with Gasteiger partial charge in [-0.15, -0.1) is 0 Å².